The molecule has 0 amide bonds. The van der Waals surface area contributed by atoms with E-state index in [0.29, 0.717) is 0 Å². The van der Waals surface area contributed by atoms with Crippen LogP contribution in [0.1, 0.15) is 16.0 Å². The van der Waals surface area contributed by atoms with Gasteiger partial charge in [0.15, 0.2) is 0 Å². The van der Waals surface area contributed by atoms with Crippen LogP contribution in [-0.2, 0) is 13.0 Å². The standard InChI is InChI=1S/C17H17N3S/c1-12-6-8-21-16(12)10-20-11-18-9-15(20)14-4-2-3-13-5-7-19-17(13)14/h2-4,6,8-9,11,19H,5,7,10H2,1H3. The molecule has 0 saturated carbocycles. The lowest BCUT2D eigenvalue weighted by molar-refractivity contribution is 0.813. The van der Waals surface area contributed by atoms with Gasteiger partial charge in [0.2, 0.25) is 0 Å². The maximum absolute atomic E-state index is 4.37. The molecule has 0 aliphatic carbocycles. The highest BCUT2D eigenvalue weighted by Gasteiger charge is 2.17. The third kappa shape index (κ3) is 2.16. The zero-order valence-electron chi connectivity index (χ0n) is 12.0. The predicted molar refractivity (Wildman–Crippen MR) is 88.0 cm³/mol. The monoisotopic (exact) mass is 295 g/mol. The van der Waals surface area contributed by atoms with Crippen LogP contribution >= 0.6 is 11.3 Å². The molecule has 21 heavy (non-hydrogen) atoms. The molecule has 2 aromatic heterocycles. The Morgan fingerprint density at radius 1 is 1.33 bits per heavy atom. The average molecular weight is 295 g/mol. The van der Waals surface area contributed by atoms with Gasteiger partial charge in [-0.05, 0) is 35.9 Å². The number of aromatic nitrogens is 2. The van der Waals surface area contributed by atoms with E-state index < -0.39 is 0 Å². The minimum Gasteiger partial charge on any atom is -0.384 e. The number of para-hydroxylation sites is 1. The van der Waals surface area contributed by atoms with Crippen LogP contribution in [0.2, 0.25) is 0 Å². The normalized spacial score (nSPS) is 13.2. The smallest absolute Gasteiger partial charge is 0.0954 e. The second-order valence-electron chi connectivity index (χ2n) is 5.45. The van der Waals surface area contributed by atoms with E-state index in [2.05, 4.69) is 51.4 Å². The number of aryl methyl sites for hydroxylation is 1. The van der Waals surface area contributed by atoms with Gasteiger partial charge in [0.05, 0.1) is 24.8 Å². The van der Waals surface area contributed by atoms with Crippen molar-refractivity contribution in [3.8, 4) is 11.3 Å². The molecule has 0 saturated heterocycles. The van der Waals surface area contributed by atoms with Crippen molar-refractivity contribution < 1.29 is 0 Å². The summed E-state index contributed by atoms with van der Waals surface area (Å²) in [5, 5.41) is 5.67. The van der Waals surface area contributed by atoms with Crippen LogP contribution in [0.5, 0.6) is 0 Å². The van der Waals surface area contributed by atoms with Gasteiger partial charge in [0.25, 0.3) is 0 Å². The van der Waals surface area contributed by atoms with Gasteiger partial charge in [-0.3, -0.25) is 0 Å². The maximum atomic E-state index is 4.37. The van der Waals surface area contributed by atoms with Gasteiger partial charge < -0.3 is 9.88 Å². The van der Waals surface area contributed by atoms with Gasteiger partial charge in [-0.1, -0.05) is 18.2 Å². The largest absolute Gasteiger partial charge is 0.384 e. The summed E-state index contributed by atoms with van der Waals surface area (Å²) in [6.07, 6.45) is 5.02. The van der Waals surface area contributed by atoms with Crippen molar-refractivity contribution in [1.29, 1.82) is 0 Å². The molecule has 1 aliphatic heterocycles. The predicted octanol–water partition coefficient (Wildman–Crippen LogP) is 3.94. The van der Waals surface area contributed by atoms with Crippen LogP contribution < -0.4 is 5.32 Å². The molecule has 0 radical (unpaired) electrons. The molecular formula is C17H17N3S. The molecule has 1 aliphatic rings. The van der Waals surface area contributed by atoms with Gasteiger partial charge in [0, 0.05) is 22.7 Å². The molecule has 0 fully saturated rings. The lowest BCUT2D eigenvalue weighted by atomic mass is 10.1. The van der Waals surface area contributed by atoms with Crippen molar-refractivity contribution in [1.82, 2.24) is 9.55 Å². The van der Waals surface area contributed by atoms with Crippen LogP contribution in [0.25, 0.3) is 11.3 Å². The summed E-state index contributed by atoms with van der Waals surface area (Å²) in [7, 11) is 0. The molecule has 0 unspecified atom stereocenters. The maximum Gasteiger partial charge on any atom is 0.0954 e. The van der Waals surface area contributed by atoms with Crippen molar-refractivity contribution >= 4 is 17.0 Å². The minimum atomic E-state index is 0.891. The van der Waals surface area contributed by atoms with Gasteiger partial charge in [-0.15, -0.1) is 11.3 Å². The molecule has 4 rings (SSSR count). The van der Waals surface area contributed by atoms with Crippen LogP contribution in [0.3, 0.4) is 0 Å². The first-order chi connectivity index (χ1) is 10.3. The lowest BCUT2D eigenvalue weighted by Gasteiger charge is -2.12. The fourth-order valence-electron chi connectivity index (χ4n) is 2.94. The van der Waals surface area contributed by atoms with Crippen molar-refractivity contribution in [3.05, 3.63) is 58.2 Å². The van der Waals surface area contributed by atoms with Crippen LogP contribution in [0.15, 0.2) is 42.2 Å². The summed E-state index contributed by atoms with van der Waals surface area (Å²) in [5.41, 5.74) is 6.50. The Morgan fingerprint density at radius 3 is 3.14 bits per heavy atom. The average Bonchev–Trinajstić information content (AvgIpc) is 3.21. The molecule has 3 aromatic rings. The Kier molecular flexibility index (Phi) is 3.04. The summed E-state index contributed by atoms with van der Waals surface area (Å²) in [6.45, 7) is 4.09. The highest BCUT2D eigenvalue weighted by atomic mass is 32.1. The van der Waals surface area contributed by atoms with Crippen LogP contribution in [-0.4, -0.2) is 16.1 Å². The van der Waals surface area contributed by atoms with Crippen molar-refractivity contribution in [2.75, 3.05) is 11.9 Å². The third-order valence-corrected chi connectivity index (χ3v) is 5.12. The van der Waals surface area contributed by atoms with Crippen molar-refractivity contribution in [2.45, 2.75) is 19.9 Å². The Morgan fingerprint density at radius 2 is 2.29 bits per heavy atom. The second-order valence-corrected chi connectivity index (χ2v) is 6.45. The number of nitrogens with one attached hydrogen (secondary N) is 1. The zero-order chi connectivity index (χ0) is 14.2. The minimum absolute atomic E-state index is 0.891. The summed E-state index contributed by atoms with van der Waals surface area (Å²) in [4.78, 5) is 5.77. The fourth-order valence-corrected chi connectivity index (χ4v) is 3.85. The Balaban J connectivity index is 1.76. The van der Waals surface area contributed by atoms with E-state index in [1.54, 1.807) is 0 Å². The topological polar surface area (TPSA) is 29.9 Å². The fraction of sp³-hybridized carbons (Fsp3) is 0.235. The summed E-state index contributed by atoms with van der Waals surface area (Å²) >= 11 is 1.81. The molecule has 106 valence electrons. The molecule has 1 N–H and O–H groups in total. The van der Waals surface area contributed by atoms with E-state index >= 15 is 0 Å². The third-order valence-electron chi connectivity index (χ3n) is 4.12. The van der Waals surface area contributed by atoms with E-state index in [4.69, 9.17) is 0 Å². The van der Waals surface area contributed by atoms with E-state index in [1.165, 1.54) is 32.9 Å². The Labute approximate surface area is 128 Å². The number of benzene rings is 1. The molecule has 1 aromatic carbocycles. The lowest BCUT2D eigenvalue weighted by Crippen LogP contribution is -2.01. The molecule has 3 nitrogen and oxygen atoms in total. The number of hydrogen-bond acceptors (Lipinski definition) is 3. The molecule has 0 spiro atoms. The zero-order valence-corrected chi connectivity index (χ0v) is 12.8. The Bertz CT molecular complexity index is 785. The molecular weight excluding hydrogens is 278 g/mol. The van der Waals surface area contributed by atoms with E-state index in [9.17, 15) is 0 Å². The molecule has 3 heterocycles. The summed E-state index contributed by atoms with van der Waals surface area (Å²) < 4.78 is 2.24. The first kappa shape index (κ1) is 12.7. The summed E-state index contributed by atoms with van der Waals surface area (Å²) in [5.74, 6) is 0. The second kappa shape index (κ2) is 5.04. The highest BCUT2D eigenvalue weighted by molar-refractivity contribution is 7.10. The highest BCUT2D eigenvalue weighted by Crippen LogP contribution is 2.34. The Hall–Kier alpha value is -2.07. The molecule has 0 bridgehead atoms. The summed E-state index contributed by atoms with van der Waals surface area (Å²) in [6, 6.07) is 8.72. The number of nitrogens with zero attached hydrogens (tertiary/aromatic N) is 2. The number of fused-ring (bicyclic) bond motifs is 1. The molecule has 0 atom stereocenters. The van der Waals surface area contributed by atoms with E-state index in [1.807, 2.05) is 23.9 Å². The number of anilines is 1. The van der Waals surface area contributed by atoms with Crippen molar-refractivity contribution in [3.63, 3.8) is 0 Å². The SMILES string of the molecule is Cc1ccsc1Cn1cncc1-c1cccc2c1NCC2. The van der Waals surface area contributed by atoms with Gasteiger partial charge in [-0.25, -0.2) is 4.98 Å². The van der Waals surface area contributed by atoms with Gasteiger partial charge >= 0.3 is 0 Å². The number of hydrogen-bond donors (Lipinski definition) is 1. The number of imidazole rings is 1. The van der Waals surface area contributed by atoms with Crippen LogP contribution in [0, 0.1) is 6.92 Å². The quantitative estimate of drug-likeness (QED) is 0.793. The van der Waals surface area contributed by atoms with E-state index in [-0.39, 0.29) is 0 Å². The molecule has 4 heteroatoms. The van der Waals surface area contributed by atoms with Gasteiger partial charge in [-0.2, -0.15) is 0 Å². The van der Waals surface area contributed by atoms with Crippen LogP contribution in [0.4, 0.5) is 5.69 Å². The van der Waals surface area contributed by atoms with Gasteiger partial charge in [0.1, 0.15) is 0 Å². The first-order valence-electron chi connectivity index (χ1n) is 7.22. The number of rotatable bonds is 3. The first-order valence-corrected chi connectivity index (χ1v) is 8.10. The van der Waals surface area contributed by atoms with E-state index in [0.717, 1.165) is 19.5 Å². The van der Waals surface area contributed by atoms with Crippen molar-refractivity contribution in [2.24, 2.45) is 0 Å². The number of thiophene rings is 1.